The van der Waals surface area contributed by atoms with Crippen molar-refractivity contribution < 1.29 is 9.59 Å². The molecule has 2 amide bonds. The van der Waals surface area contributed by atoms with Gasteiger partial charge in [-0.15, -0.1) is 0 Å². The van der Waals surface area contributed by atoms with Crippen molar-refractivity contribution in [1.29, 1.82) is 0 Å². The number of carbonyl (C=O) groups is 2. The average molecular weight is 331 g/mol. The van der Waals surface area contributed by atoms with Crippen LogP contribution in [0.4, 0.5) is 0 Å². The van der Waals surface area contributed by atoms with Gasteiger partial charge in [0.2, 0.25) is 11.8 Å². The van der Waals surface area contributed by atoms with E-state index in [0.29, 0.717) is 25.9 Å². The Balaban J connectivity index is 1.93. The summed E-state index contributed by atoms with van der Waals surface area (Å²) < 4.78 is 0. The highest BCUT2D eigenvalue weighted by Gasteiger charge is 2.28. The Morgan fingerprint density at radius 2 is 1.67 bits per heavy atom. The van der Waals surface area contributed by atoms with Crippen LogP contribution in [0.1, 0.15) is 49.4 Å². The number of hydrogen-bond acceptors (Lipinski definition) is 3. The standard InChI is InChI=1S/C19H29N3O2/c1-12-9-13(2)11-17(10-12)14(3)21-15(4)19(24)22-7-5-16(6-8-22)18(20)23/h9-11,14-16,21H,5-8H2,1-4H3,(H2,20,23)/t14-,15+/m1/s1. The Morgan fingerprint density at radius 1 is 1.12 bits per heavy atom. The lowest BCUT2D eigenvalue weighted by Gasteiger charge is -2.33. The van der Waals surface area contributed by atoms with Gasteiger partial charge in [0.1, 0.15) is 0 Å². The molecule has 0 bridgehead atoms. The number of benzene rings is 1. The van der Waals surface area contributed by atoms with Crippen LogP contribution in [0.5, 0.6) is 0 Å². The molecule has 132 valence electrons. The molecule has 2 atom stereocenters. The van der Waals surface area contributed by atoms with E-state index in [4.69, 9.17) is 5.73 Å². The van der Waals surface area contributed by atoms with Crippen molar-refractivity contribution in [3.63, 3.8) is 0 Å². The summed E-state index contributed by atoms with van der Waals surface area (Å²) in [5.41, 5.74) is 9.00. The zero-order chi connectivity index (χ0) is 17.9. The molecule has 1 aromatic carbocycles. The number of aryl methyl sites for hydroxylation is 2. The first-order valence-corrected chi connectivity index (χ1v) is 8.70. The highest BCUT2D eigenvalue weighted by molar-refractivity contribution is 5.82. The summed E-state index contributed by atoms with van der Waals surface area (Å²) in [6.45, 7) is 9.37. The molecule has 5 heteroatoms. The van der Waals surface area contributed by atoms with E-state index in [2.05, 4.69) is 44.3 Å². The summed E-state index contributed by atoms with van der Waals surface area (Å²) in [6, 6.07) is 6.30. The van der Waals surface area contributed by atoms with E-state index in [1.54, 1.807) is 0 Å². The molecular weight excluding hydrogens is 302 g/mol. The maximum atomic E-state index is 12.6. The van der Waals surface area contributed by atoms with Crippen molar-refractivity contribution in [3.05, 3.63) is 34.9 Å². The van der Waals surface area contributed by atoms with Gasteiger partial charge in [-0.2, -0.15) is 0 Å². The van der Waals surface area contributed by atoms with Crippen LogP contribution in [0.25, 0.3) is 0 Å². The number of nitrogens with two attached hydrogens (primary N) is 1. The SMILES string of the molecule is Cc1cc(C)cc([C@@H](C)N[C@@H](C)C(=O)N2CCC(C(N)=O)CC2)c1. The normalized spacial score (nSPS) is 18.2. The van der Waals surface area contributed by atoms with E-state index >= 15 is 0 Å². The van der Waals surface area contributed by atoms with Crippen molar-refractivity contribution in [2.75, 3.05) is 13.1 Å². The predicted molar refractivity (Wildman–Crippen MR) is 95.4 cm³/mol. The zero-order valence-electron chi connectivity index (χ0n) is 15.1. The third-order valence-corrected chi connectivity index (χ3v) is 4.82. The maximum Gasteiger partial charge on any atom is 0.239 e. The van der Waals surface area contributed by atoms with Gasteiger partial charge >= 0.3 is 0 Å². The monoisotopic (exact) mass is 331 g/mol. The summed E-state index contributed by atoms with van der Waals surface area (Å²) in [7, 11) is 0. The van der Waals surface area contributed by atoms with Crippen LogP contribution in [0.2, 0.25) is 0 Å². The average Bonchev–Trinajstić information content (AvgIpc) is 2.53. The molecule has 1 aromatic rings. The van der Waals surface area contributed by atoms with E-state index in [1.165, 1.54) is 16.7 Å². The number of rotatable bonds is 5. The summed E-state index contributed by atoms with van der Waals surface area (Å²) in [5.74, 6) is -0.252. The Labute approximate surface area is 144 Å². The zero-order valence-corrected chi connectivity index (χ0v) is 15.1. The largest absolute Gasteiger partial charge is 0.369 e. The highest BCUT2D eigenvalue weighted by Crippen LogP contribution is 2.20. The fourth-order valence-corrected chi connectivity index (χ4v) is 3.46. The summed E-state index contributed by atoms with van der Waals surface area (Å²) >= 11 is 0. The lowest BCUT2D eigenvalue weighted by Crippen LogP contribution is -2.49. The topological polar surface area (TPSA) is 75.4 Å². The Kier molecular flexibility index (Phi) is 5.99. The van der Waals surface area contributed by atoms with Crippen LogP contribution >= 0.6 is 0 Å². The summed E-state index contributed by atoms with van der Waals surface area (Å²) in [5, 5.41) is 3.40. The van der Waals surface area contributed by atoms with E-state index in [9.17, 15) is 9.59 Å². The Bertz CT molecular complexity index is 586. The molecule has 0 aliphatic carbocycles. The van der Waals surface area contributed by atoms with Crippen LogP contribution in [-0.2, 0) is 9.59 Å². The molecule has 0 radical (unpaired) electrons. The van der Waals surface area contributed by atoms with Crippen molar-refractivity contribution in [3.8, 4) is 0 Å². The fraction of sp³-hybridized carbons (Fsp3) is 0.579. The molecule has 3 N–H and O–H groups in total. The first kappa shape index (κ1) is 18.5. The highest BCUT2D eigenvalue weighted by atomic mass is 16.2. The molecule has 24 heavy (non-hydrogen) atoms. The van der Waals surface area contributed by atoms with Gasteiger partial charge in [-0.3, -0.25) is 14.9 Å². The summed E-state index contributed by atoms with van der Waals surface area (Å²) in [4.78, 5) is 25.7. The van der Waals surface area contributed by atoms with Gasteiger partial charge in [0.25, 0.3) is 0 Å². The van der Waals surface area contributed by atoms with Crippen LogP contribution < -0.4 is 11.1 Å². The lowest BCUT2D eigenvalue weighted by atomic mass is 9.96. The number of nitrogens with zero attached hydrogens (tertiary/aromatic N) is 1. The quantitative estimate of drug-likeness (QED) is 0.867. The van der Waals surface area contributed by atoms with E-state index in [0.717, 1.165) is 0 Å². The first-order chi connectivity index (χ1) is 11.3. The van der Waals surface area contributed by atoms with E-state index in [1.807, 2.05) is 11.8 Å². The molecule has 1 aliphatic rings. The van der Waals surface area contributed by atoms with Crippen LogP contribution in [-0.4, -0.2) is 35.8 Å². The molecule has 2 rings (SSSR count). The third-order valence-electron chi connectivity index (χ3n) is 4.82. The molecule has 0 unspecified atom stereocenters. The number of primary amides is 1. The molecule has 1 fully saturated rings. The second-order valence-electron chi connectivity index (χ2n) is 7.03. The molecule has 0 spiro atoms. The third kappa shape index (κ3) is 4.57. The van der Waals surface area contributed by atoms with Gasteiger partial charge in [0, 0.05) is 25.0 Å². The second-order valence-corrected chi connectivity index (χ2v) is 7.03. The van der Waals surface area contributed by atoms with Crippen molar-refractivity contribution >= 4 is 11.8 Å². The van der Waals surface area contributed by atoms with Crippen molar-refractivity contribution in [1.82, 2.24) is 10.2 Å². The number of hydrogen-bond donors (Lipinski definition) is 2. The number of nitrogens with one attached hydrogen (secondary N) is 1. The van der Waals surface area contributed by atoms with Crippen LogP contribution in [0.3, 0.4) is 0 Å². The van der Waals surface area contributed by atoms with Crippen LogP contribution in [0, 0.1) is 19.8 Å². The molecule has 1 heterocycles. The number of piperidine rings is 1. The predicted octanol–water partition coefficient (Wildman–Crippen LogP) is 2.07. The van der Waals surface area contributed by atoms with Gasteiger partial charge in [-0.05, 0) is 46.1 Å². The number of likely N-dealkylation sites (tertiary alicyclic amines) is 1. The molecule has 1 saturated heterocycles. The van der Waals surface area contributed by atoms with Gasteiger partial charge in [-0.25, -0.2) is 0 Å². The van der Waals surface area contributed by atoms with Gasteiger partial charge < -0.3 is 10.6 Å². The second kappa shape index (κ2) is 7.79. The number of carbonyl (C=O) groups excluding carboxylic acids is 2. The van der Waals surface area contributed by atoms with Gasteiger partial charge in [0.15, 0.2) is 0 Å². The van der Waals surface area contributed by atoms with E-state index in [-0.39, 0.29) is 29.8 Å². The maximum absolute atomic E-state index is 12.6. The van der Waals surface area contributed by atoms with Crippen molar-refractivity contribution in [2.24, 2.45) is 11.7 Å². The minimum Gasteiger partial charge on any atom is -0.369 e. The first-order valence-electron chi connectivity index (χ1n) is 8.70. The lowest BCUT2D eigenvalue weighted by molar-refractivity contribution is -0.136. The Morgan fingerprint density at radius 3 is 2.17 bits per heavy atom. The Hall–Kier alpha value is -1.88. The van der Waals surface area contributed by atoms with Crippen molar-refractivity contribution in [2.45, 2.75) is 52.6 Å². The molecule has 0 aromatic heterocycles. The minimum atomic E-state index is -0.258. The smallest absolute Gasteiger partial charge is 0.239 e. The minimum absolute atomic E-state index is 0.0912. The molecular formula is C19H29N3O2. The summed E-state index contributed by atoms with van der Waals surface area (Å²) in [6.07, 6.45) is 1.33. The van der Waals surface area contributed by atoms with Crippen LogP contribution in [0.15, 0.2) is 18.2 Å². The molecule has 1 aliphatic heterocycles. The van der Waals surface area contributed by atoms with E-state index < -0.39 is 0 Å². The van der Waals surface area contributed by atoms with Gasteiger partial charge in [-0.1, -0.05) is 29.3 Å². The fourth-order valence-electron chi connectivity index (χ4n) is 3.46. The van der Waals surface area contributed by atoms with Gasteiger partial charge in [0.05, 0.1) is 6.04 Å². The molecule has 5 nitrogen and oxygen atoms in total. The number of amides is 2. The molecule has 0 saturated carbocycles.